The molecule has 16 heavy (non-hydrogen) atoms. The maximum absolute atomic E-state index is 13.5. The highest BCUT2D eigenvalue weighted by molar-refractivity contribution is 9.10. The summed E-state index contributed by atoms with van der Waals surface area (Å²) in [5, 5.41) is 0. The van der Waals surface area contributed by atoms with E-state index in [2.05, 4.69) is 15.9 Å². The lowest BCUT2D eigenvalue weighted by Crippen LogP contribution is -1.94. The summed E-state index contributed by atoms with van der Waals surface area (Å²) < 4.78 is 14.5. The van der Waals surface area contributed by atoms with Crippen LogP contribution in [-0.4, -0.2) is 0 Å². The number of benzene rings is 2. The molecule has 0 aromatic heterocycles. The minimum absolute atomic E-state index is 0.137. The average molecular weight is 279 g/mol. The Balaban J connectivity index is 2.34. The zero-order valence-electron chi connectivity index (χ0n) is 9.00. The number of rotatable bonds is 2. The van der Waals surface area contributed by atoms with Crippen molar-refractivity contribution in [3.8, 4) is 0 Å². The van der Waals surface area contributed by atoms with Crippen LogP contribution in [0.4, 0.5) is 4.39 Å². The molecule has 0 saturated heterocycles. The predicted octanol–water partition coefficient (Wildman–Crippen LogP) is 4.49. The third-order valence-electron chi connectivity index (χ3n) is 2.65. The standard InChI is InChI=1S/C14H12BrF/c1-10-6-7-13(15)9-12(10)8-11-4-2-3-5-14(11)16/h2-7,9H,8H2,1H3. The SMILES string of the molecule is Cc1ccc(Br)cc1Cc1ccccc1F. The third kappa shape index (κ3) is 2.50. The Kier molecular flexibility index (Phi) is 3.39. The zero-order valence-corrected chi connectivity index (χ0v) is 10.6. The van der Waals surface area contributed by atoms with Gasteiger partial charge in [-0.25, -0.2) is 4.39 Å². The molecule has 2 aromatic rings. The van der Waals surface area contributed by atoms with Crippen molar-refractivity contribution in [2.75, 3.05) is 0 Å². The maximum atomic E-state index is 13.5. The van der Waals surface area contributed by atoms with Gasteiger partial charge >= 0.3 is 0 Å². The minimum Gasteiger partial charge on any atom is -0.207 e. The highest BCUT2D eigenvalue weighted by atomic mass is 79.9. The van der Waals surface area contributed by atoms with E-state index in [0.29, 0.717) is 6.42 Å². The Hall–Kier alpha value is -1.15. The molecule has 0 fully saturated rings. The van der Waals surface area contributed by atoms with Gasteiger partial charge in [-0.05, 0) is 41.8 Å². The lowest BCUT2D eigenvalue weighted by Gasteiger charge is -2.07. The van der Waals surface area contributed by atoms with E-state index in [1.165, 1.54) is 11.6 Å². The molecule has 0 bridgehead atoms. The molecule has 0 unspecified atom stereocenters. The molecule has 0 aliphatic heterocycles. The zero-order chi connectivity index (χ0) is 11.5. The Morgan fingerprint density at radius 1 is 1.06 bits per heavy atom. The van der Waals surface area contributed by atoms with Crippen LogP contribution in [0.25, 0.3) is 0 Å². The second kappa shape index (κ2) is 4.79. The Bertz CT molecular complexity index is 506. The van der Waals surface area contributed by atoms with Crippen molar-refractivity contribution >= 4 is 15.9 Å². The molecule has 0 amide bonds. The van der Waals surface area contributed by atoms with Crippen LogP contribution < -0.4 is 0 Å². The van der Waals surface area contributed by atoms with Gasteiger partial charge in [0.15, 0.2) is 0 Å². The Labute approximate surface area is 103 Å². The molecule has 0 heterocycles. The largest absolute Gasteiger partial charge is 0.207 e. The Morgan fingerprint density at radius 3 is 2.56 bits per heavy atom. The Morgan fingerprint density at radius 2 is 1.81 bits per heavy atom. The number of hydrogen-bond donors (Lipinski definition) is 0. The van der Waals surface area contributed by atoms with Gasteiger partial charge in [-0.2, -0.15) is 0 Å². The van der Waals surface area contributed by atoms with Crippen LogP contribution >= 0.6 is 15.9 Å². The second-order valence-electron chi connectivity index (χ2n) is 3.84. The average Bonchev–Trinajstić information content (AvgIpc) is 2.27. The summed E-state index contributed by atoms with van der Waals surface area (Å²) in [6.45, 7) is 2.04. The van der Waals surface area contributed by atoms with E-state index in [-0.39, 0.29) is 5.82 Å². The molecule has 2 aromatic carbocycles. The lowest BCUT2D eigenvalue weighted by molar-refractivity contribution is 0.614. The highest BCUT2D eigenvalue weighted by Crippen LogP contribution is 2.20. The van der Waals surface area contributed by atoms with Crippen LogP contribution in [0.2, 0.25) is 0 Å². The van der Waals surface area contributed by atoms with Gasteiger partial charge in [0.05, 0.1) is 0 Å². The molecular weight excluding hydrogens is 267 g/mol. The number of hydrogen-bond acceptors (Lipinski definition) is 0. The smallest absolute Gasteiger partial charge is 0.126 e. The fourth-order valence-corrected chi connectivity index (χ4v) is 2.09. The summed E-state index contributed by atoms with van der Waals surface area (Å²) in [5.41, 5.74) is 3.08. The van der Waals surface area contributed by atoms with E-state index in [0.717, 1.165) is 15.6 Å². The summed E-state index contributed by atoms with van der Waals surface area (Å²) in [6.07, 6.45) is 0.637. The second-order valence-corrected chi connectivity index (χ2v) is 4.75. The van der Waals surface area contributed by atoms with Gasteiger partial charge in [0.2, 0.25) is 0 Å². The molecular formula is C14H12BrF. The van der Waals surface area contributed by atoms with Crippen LogP contribution in [0.15, 0.2) is 46.9 Å². The van der Waals surface area contributed by atoms with E-state index in [1.807, 2.05) is 37.3 Å². The van der Waals surface area contributed by atoms with E-state index >= 15 is 0 Å². The molecule has 0 nitrogen and oxygen atoms in total. The molecule has 0 saturated carbocycles. The third-order valence-corrected chi connectivity index (χ3v) is 3.14. The van der Waals surface area contributed by atoms with E-state index in [9.17, 15) is 4.39 Å². The van der Waals surface area contributed by atoms with Crippen molar-refractivity contribution in [3.05, 3.63) is 69.4 Å². The van der Waals surface area contributed by atoms with Crippen molar-refractivity contribution in [2.45, 2.75) is 13.3 Å². The topological polar surface area (TPSA) is 0 Å². The van der Waals surface area contributed by atoms with Crippen LogP contribution in [0, 0.1) is 12.7 Å². The van der Waals surface area contributed by atoms with E-state index in [4.69, 9.17) is 0 Å². The summed E-state index contributed by atoms with van der Waals surface area (Å²) in [4.78, 5) is 0. The van der Waals surface area contributed by atoms with Crippen LogP contribution in [0.1, 0.15) is 16.7 Å². The maximum Gasteiger partial charge on any atom is 0.126 e. The van der Waals surface area contributed by atoms with Crippen LogP contribution in [-0.2, 0) is 6.42 Å². The summed E-state index contributed by atoms with van der Waals surface area (Å²) in [7, 11) is 0. The van der Waals surface area contributed by atoms with Gasteiger partial charge < -0.3 is 0 Å². The fourth-order valence-electron chi connectivity index (χ4n) is 1.68. The van der Waals surface area contributed by atoms with Crippen LogP contribution in [0.5, 0.6) is 0 Å². The molecule has 0 N–H and O–H groups in total. The van der Waals surface area contributed by atoms with Crippen molar-refractivity contribution in [2.24, 2.45) is 0 Å². The lowest BCUT2D eigenvalue weighted by atomic mass is 10.0. The fraction of sp³-hybridized carbons (Fsp3) is 0.143. The summed E-state index contributed by atoms with van der Waals surface area (Å²) in [6, 6.07) is 13.0. The number of aryl methyl sites for hydroxylation is 1. The first-order chi connectivity index (χ1) is 7.66. The normalized spacial score (nSPS) is 10.4. The van der Waals surface area contributed by atoms with Crippen molar-refractivity contribution < 1.29 is 4.39 Å². The highest BCUT2D eigenvalue weighted by Gasteiger charge is 2.04. The molecule has 0 aliphatic rings. The quantitative estimate of drug-likeness (QED) is 0.760. The van der Waals surface area contributed by atoms with Crippen LogP contribution in [0.3, 0.4) is 0 Å². The first-order valence-electron chi connectivity index (χ1n) is 5.15. The van der Waals surface area contributed by atoms with Gasteiger partial charge in [0.25, 0.3) is 0 Å². The van der Waals surface area contributed by atoms with Gasteiger partial charge in [-0.3, -0.25) is 0 Å². The van der Waals surface area contributed by atoms with Crippen molar-refractivity contribution in [1.82, 2.24) is 0 Å². The van der Waals surface area contributed by atoms with Crippen molar-refractivity contribution in [3.63, 3.8) is 0 Å². The first-order valence-corrected chi connectivity index (χ1v) is 5.94. The molecule has 0 aliphatic carbocycles. The molecule has 82 valence electrons. The number of halogens is 2. The monoisotopic (exact) mass is 278 g/mol. The predicted molar refractivity (Wildman–Crippen MR) is 68.1 cm³/mol. The van der Waals surface area contributed by atoms with Gasteiger partial charge in [-0.1, -0.05) is 40.2 Å². The molecule has 2 heteroatoms. The molecule has 2 rings (SSSR count). The van der Waals surface area contributed by atoms with Gasteiger partial charge in [0, 0.05) is 10.9 Å². The summed E-state index contributed by atoms with van der Waals surface area (Å²) in [5.74, 6) is -0.137. The first kappa shape index (κ1) is 11.3. The van der Waals surface area contributed by atoms with Gasteiger partial charge in [-0.15, -0.1) is 0 Å². The summed E-state index contributed by atoms with van der Waals surface area (Å²) >= 11 is 3.43. The van der Waals surface area contributed by atoms with E-state index in [1.54, 1.807) is 6.07 Å². The molecule has 0 radical (unpaired) electrons. The van der Waals surface area contributed by atoms with E-state index < -0.39 is 0 Å². The molecule has 0 atom stereocenters. The molecule has 0 spiro atoms. The minimum atomic E-state index is -0.137. The van der Waals surface area contributed by atoms with Crippen molar-refractivity contribution in [1.29, 1.82) is 0 Å². The van der Waals surface area contributed by atoms with Gasteiger partial charge in [0.1, 0.15) is 5.82 Å².